The van der Waals surface area contributed by atoms with E-state index in [0.717, 1.165) is 16.9 Å². The van der Waals surface area contributed by atoms with E-state index in [1.165, 1.54) is 0 Å². The Labute approximate surface area is 209 Å². The number of halogens is 1. The van der Waals surface area contributed by atoms with Gasteiger partial charge >= 0.3 is 0 Å². The Kier molecular flexibility index (Phi) is 7.90. The smallest absolute Gasteiger partial charge is 0.273 e. The Morgan fingerprint density at radius 3 is 2.31 bits per heavy atom. The van der Waals surface area contributed by atoms with Gasteiger partial charge in [-0.2, -0.15) is 5.10 Å². The number of aromatic nitrogens is 2. The third kappa shape index (κ3) is 6.33. The van der Waals surface area contributed by atoms with E-state index in [2.05, 4.69) is 15.5 Å². The van der Waals surface area contributed by atoms with E-state index in [4.69, 9.17) is 25.8 Å². The number of hydrogen-bond donors (Lipinski definition) is 2. The summed E-state index contributed by atoms with van der Waals surface area (Å²) in [5, 5.41) is 10.5. The number of carbonyl (C=O) groups excluding carboxylic acids is 1. The maximum absolute atomic E-state index is 12.6. The number of nitrogens with one attached hydrogen (secondary N) is 2. The van der Waals surface area contributed by atoms with Crippen molar-refractivity contribution in [1.29, 1.82) is 0 Å². The van der Waals surface area contributed by atoms with Crippen LogP contribution in [0.1, 0.15) is 29.9 Å². The van der Waals surface area contributed by atoms with Crippen LogP contribution in [0.25, 0.3) is 11.3 Å². The van der Waals surface area contributed by atoms with Gasteiger partial charge in [0.05, 0.1) is 18.9 Å². The Morgan fingerprint density at radius 1 is 0.886 bits per heavy atom. The average Bonchev–Trinajstić information content (AvgIpc) is 3.36. The number of hydrogen-bond acceptors (Lipinski definition) is 5. The molecule has 0 spiro atoms. The van der Waals surface area contributed by atoms with Crippen LogP contribution >= 0.6 is 11.6 Å². The van der Waals surface area contributed by atoms with Crippen molar-refractivity contribution < 1.29 is 19.0 Å². The molecule has 0 aliphatic rings. The molecular formula is C27H26ClN3O4. The lowest BCUT2D eigenvalue weighted by Crippen LogP contribution is -2.12. The van der Waals surface area contributed by atoms with Gasteiger partial charge < -0.3 is 19.5 Å². The first-order valence-corrected chi connectivity index (χ1v) is 11.7. The van der Waals surface area contributed by atoms with Gasteiger partial charge in [-0.3, -0.25) is 9.89 Å². The molecule has 4 rings (SSSR count). The van der Waals surface area contributed by atoms with E-state index in [1.54, 1.807) is 42.5 Å². The molecule has 8 heteroatoms. The van der Waals surface area contributed by atoms with Crippen LogP contribution in [0.4, 0.5) is 5.69 Å². The zero-order valence-corrected chi connectivity index (χ0v) is 20.3. The van der Waals surface area contributed by atoms with E-state index in [0.29, 0.717) is 53.4 Å². The van der Waals surface area contributed by atoms with Crippen molar-refractivity contribution in [3.63, 3.8) is 0 Å². The van der Waals surface area contributed by atoms with Crippen LogP contribution in [0.3, 0.4) is 0 Å². The normalized spacial score (nSPS) is 10.6. The highest BCUT2D eigenvalue weighted by molar-refractivity contribution is 6.30. The number of rotatable bonds is 10. The molecule has 7 nitrogen and oxygen atoms in total. The number of nitrogens with zero attached hydrogens (tertiary/aromatic N) is 1. The first-order valence-electron chi connectivity index (χ1n) is 11.3. The fourth-order valence-corrected chi connectivity index (χ4v) is 3.52. The molecule has 1 heterocycles. The van der Waals surface area contributed by atoms with E-state index >= 15 is 0 Å². The van der Waals surface area contributed by atoms with Gasteiger partial charge in [-0.25, -0.2) is 0 Å². The highest BCUT2D eigenvalue weighted by Crippen LogP contribution is 2.29. The Balaban J connectivity index is 1.34. The van der Waals surface area contributed by atoms with Crippen LogP contribution in [-0.2, 0) is 6.61 Å². The molecule has 4 aromatic rings. The standard InChI is InChI=1S/C27H26ClN3O4/c1-3-33-25-14-5-18(15-26(25)34-4-2)17-35-22-12-10-21(11-13-22)29-27(32)24-16-23(30-31-24)19-6-8-20(28)9-7-19/h5-16H,3-4,17H2,1-2H3,(H,29,32)(H,30,31). The molecule has 1 aromatic heterocycles. The van der Waals surface area contributed by atoms with Crippen molar-refractivity contribution in [3.8, 4) is 28.5 Å². The molecule has 3 aromatic carbocycles. The maximum Gasteiger partial charge on any atom is 0.273 e. The summed E-state index contributed by atoms with van der Waals surface area (Å²) < 4.78 is 17.2. The van der Waals surface area contributed by atoms with Crippen LogP contribution in [0.15, 0.2) is 72.8 Å². The van der Waals surface area contributed by atoms with Crippen molar-refractivity contribution >= 4 is 23.2 Å². The van der Waals surface area contributed by atoms with Crippen molar-refractivity contribution in [1.82, 2.24) is 10.2 Å². The zero-order valence-electron chi connectivity index (χ0n) is 19.5. The summed E-state index contributed by atoms with van der Waals surface area (Å²) in [5.41, 5.74) is 3.50. The molecule has 0 unspecified atom stereocenters. The van der Waals surface area contributed by atoms with E-state index in [-0.39, 0.29) is 5.91 Å². The summed E-state index contributed by atoms with van der Waals surface area (Å²) in [6.07, 6.45) is 0. The topological polar surface area (TPSA) is 85.5 Å². The van der Waals surface area contributed by atoms with E-state index in [9.17, 15) is 4.79 Å². The van der Waals surface area contributed by atoms with Crippen molar-refractivity contribution in [2.45, 2.75) is 20.5 Å². The first kappa shape index (κ1) is 24.2. The zero-order chi connectivity index (χ0) is 24.6. The Hall–Kier alpha value is -3.97. The predicted molar refractivity (Wildman–Crippen MR) is 137 cm³/mol. The minimum Gasteiger partial charge on any atom is -0.490 e. The van der Waals surface area contributed by atoms with Crippen LogP contribution < -0.4 is 19.5 Å². The predicted octanol–water partition coefficient (Wildman–Crippen LogP) is 6.36. The number of benzene rings is 3. The molecule has 0 fully saturated rings. The third-order valence-electron chi connectivity index (χ3n) is 5.09. The van der Waals surface area contributed by atoms with E-state index in [1.807, 2.05) is 44.2 Å². The number of carbonyl (C=O) groups is 1. The summed E-state index contributed by atoms with van der Waals surface area (Å²) >= 11 is 5.93. The summed E-state index contributed by atoms with van der Waals surface area (Å²) in [6, 6.07) is 21.9. The third-order valence-corrected chi connectivity index (χ3v) is 5.34. The van der Waals surface area contributed by atoms with Crippen LogP contribution in [-0.4, -0.2) is 29.3 Å². The van der Waals surface area contributed by atoms with Gasteiger partial charge in [0.2, 0.25) is 0 Å². The minimum absolute atomic E-state index is 0.288. The first-order chi connectivity index (χ1) is 17.1. The highest BCUT2D eigenvalue weighted by Gasteiger charge is 2.12. The lowest BCUT2D eigenvalue weighted by Gasteiger charge is -2.13. The van der Waals surface area contributed by atoms with Crippen molar-refractivity contribution in [3.05, 3.63) is 89.1 Å². The molecule has 0 saturated carbocycles. The lowest BCUT2D eigenvalue weighted by molar-refractivity contribution is 0.102. The summed E-state index contributed by atoms with van der Waals surface area (Å²) in [4.78, 5) is 12.6. The minimum atomic E-state index is -0.288. The van der Waals surface area contributed by atoms with E-state index < -0.39 is 0 Å². The van der Waals surface area contributed by atoms with Crippen molar-refractivity contribution in [2.24, 2.45) is 0 Å². The van der Waals surface area contributed by atoms with Crippen LogP contribution in [0.5, 0.6) is 17.2 Å². The molecule has 0 bridgehead atoms. The second kappa shape index (κ2) is 11.4. The fraction of sp³-hybridized carbons (Fsp3) is 0.185. The second-order valence-electron chi connectivity index (χ2n) is 7.59. The fourth-order valence-electron chi connectivity index (χ4n) is 3.39. The second-order valence-corrected chi connectivity index (χ2v) is 8.02. The number of H-pyrrole nitrogens is 1. The summed E-state index contributed by atoms with van der Waals surface area (Å²) in [5.74, 6) is 1.81. The summed E-state index contributed by atoms with van der Waals surface area (Å²) in [6.45, 7) is 5.37. The summed E-state index contributed by atoms with van der Waals surface area (Å²) in [7, 11) is 0. The quantitative estimate of drug-likeness (QED) is 0.269. The molecule has 1 amide bonds. The van der Waals surface area contributed by atoms with Crippen LogP contribution in [0, 0.1) is 0 Å². The monoisotopic (exact) mass is 491 g/mol. The molecule has 35 heavy (non-hydrogen) atoms. The molecule has 0 radical (unpaired) electrons. The molecule has 0 aliphatic carbocycles. The molecule has 0 aliphatic heterocycles. The molecule has 0 atom stereocenters. The largest absolute Gasteiger partial charge is 0.490 e. The van der Waals surface area contributed by atoms with Crippen LogP contribution in [0.2, 0.25) is 5.02 Å². The average molecular weight is 492 g/mol. The van der Waals surface area contributed by atoms with Gasteiger partial charge in [0.1, 0.15) is 18.1 Å². The van der Waals surface area contributed by atoms with Crippen molar-refractivity contribution in [2.75, 3.05) is 18.5 Å². The van der Waals surface area contributed by atoms with Gasteiger partial charge in [0.15, 0.2) is 11.5 Å². The molecular weight excluding hydrogens is 466 g/mol. The van der Waals surface area contributed by atoms with Gasteiger partial charge in [0.25, 0.3) is 5.91 Å². The maximum atomic E-state index is 12.6. The highest BCUT2D eigenvalue weighted by atomic mass is 35.5. The number of aromatic amines is 1. The number of amides is 1. The molecule has 2 N–H and O–H groups in total. The van der Waals surface area contributed by atoms with Gasteiger partial charge in [0, 0.05) is 16.3 Å². The lowest BCUT2D eigenvalue weighted by atomic mass is 10.1. The Morgan fingerprint density at radius 2 is 1.60 bits per heavy atom. The molecule has 0 saturated heterocycles. The van der Waals surface area contributed by atoms with Gasteiger partial charge in [-0.1, -0.05) is 29.8 Å². The Bertz CT molecular complexity index is 1270. The number of anilines is 1. The van der Waals surface area contributed by atoms with Gasteiger partial charge in [-0.15, -0.1) is 0 Å². The SMILES string of the molecule is CCOc1ccc(COc2ccc(NC(=O)c3cc(-c4ccc(Cl)cc4)n[nH]3)cc2)cc1OCC. The number of ether oxygens (including phenoxy) is 3. The molecule has 180 valence electrons. The van der Waals surface area contributed by atoms with Gasteiger partial charge in [-0.05, 0) is 74.0 Å².